The van der Waals surface area contributed by atoms with Crippen molar-refractivity contribution in [3.8, 4) is 5.75 Å². The Kier molecular flexibility index (Phi) is 4.82. The van der Waals surface area contributed by atoms with Crippen LogP contribution in [0.4, 0.5) is 0 Å². The van der Waals surface area contributed by atoms with E-state index in [9.17, 15) is 9.32 Å². The summed E-state index contributed by atoms with van der Waals surface area (Å²) in [6.45, 7) is 8.19. The minimum atomic E-state index is -1.17. The van der Waals surface area contributed by atoms with Gasteiger partial charge in [-0.1, -0.05) is 26.8 Å². The van der Waals surface area contributed by atoms with Crippen LogP contribution in [0.15, 0.2) is 17.0 Å². The largest absolute Gasteiger partial charge is 0.506 e. The van der Waals surface area contributed by atoms with Crippen LogP contribution in [0.25, 0.3) is 0 Å². The zero-order chi connectivity index (χ0) is 14.9. The summed E-state index contributed by atoms with van der Waals surface area (Å²) in [6.07, 6.45) is 1.62. The van der Waals surface area contributed by atoms with Crippen molar-refractivity contribution < 1.29 is 9.32 Å². The summed E-state index contributed by atoms with van der Waals surface area (Å²) in [4.78, 5) is 2.87. The second-order valence-corrected chi connectivity index (χ2v) is 8.70. The van der Waals surface area contributed by atoms with Crippen LogP contribution in [0.2, 0.25) is 0 Å². The van der Waals surface area contributed by atoms with E-state index in [0.29, 0.717) is 4.90 Å². The lowest BCUT2D eigenvalue weighted by Crippen LogP contribution is -2.20. The summed E-state index contributed by atoms with van der Waals surface area (Å²) in [5, 5.41) is 10.4. The van der Waals surface area contributed by atoms with Gasteiger partial charge in [-0.3, -0.25) is 9.11 Å². The van der Waals surface area contributed by atoms with E-state index in [0.717, 1.165) is 35.8 Å². The van der Waals surface area contributed by atoms with Crippen molar-refractivity contribution in [1.29, 1.82) is 0 Å². The van der Waals surface area contributed by atoms with Gasteiger partial charge in [0.25, 0.3) is 0 Å². The van der Waals surface area contributed by atoms with E-state index in [2.05, 4.69) is 31.7 Å². The van der Waals surface area contributed by atoms with Crippen molar-refractivity contribution >= 4 is 22.6 Å². The highest BCUT2D eigenvalue weighted by Gasteiger charge is 2.22. The first-order valence-electron chi connectivity index (χ1n) is 6.79. The summed E-state index contributed by atoms with van der Waals surface area (Å²) in [5.74, 6) is 2.35. The van der Waals surface area contributed by atoms with E-state index < -0.39 is 10.8 Å². The zero-order valence-corrected chi connectivity index (χ0v) is 14.2. The molecule has 0 spiro atoms. The molecule has 1 saturated heterocycles. The van der Waals surface area contributed by atoms with Crippen LogP contribution in [-0.2, 0) is 22.8 Å². The molecular weight excluding hydrogens is 290 g/mol. The van der Waals surface area contributed by atoms with E-state index in [4.69, 9.17) is 0 Å². The number of nitrogens with zero attached hydrogens (tertiary/aromatic N) is 1. The van der Waals surface area contributed by atoms with Gasteiger partial charge in [0, 0.05) is 36.5 Å². The molecule has 1 aromatic carbocycles. The molecule has 20 heavy (non-hydrogen) atoms. The van der Waals surface area contributed by atoms with Crippen molar-refractivity contribution in [2.45, 2.75) is 37.6 Å². The SMILES string of the molecule is CS(=O)c1cc(C(C)(C)C)cc(CN2CCSC2)c1O. The van der Waals surface area contributed by atoms with Crippen LogP contribution < -0.4 is 0 Å². The van der Waals surface area contributed by atoms with Gasteiger partial charge in [0.05, 0.1) is 15.7 Å². The second-order valence-electron chi connectivity index (χ2n) is 6.28. The molecule has 1 heterocycles. The topological polar surface area (TPSA) is 40.5 Å². The molecule has 0 amide bonds. The van der Waals surface area contributed by atoms with Crippen molar-refractivity contribution in [1.82, 2.24) is 4.90 Å². The first-order valence-corrected chi connectivity index (χ1v) is 9.50. The summed E-state index contributed by atoms with van der Waals surface area (Å²) in [6, 6.07) is 3.95. The minimum Gasteiger partial charge on any atom is -0.506 e. The quantitative estimate of drug-likeness (QED) is 0.931. The van der Waals surface area contributed by atoms with Gasteiger partial charge in [-0.25, -0.2) is 0 Å². The Morgan fingerprint density at radius 2 is 2.10 bits per heavy atom. The maximum atomic E-state index is 11.9. The third-order valence-corrected chi connectivity index (χ3v) is 5.50. The number of hydrogen-bond acceptors (Lipinski definition) is 4. The van der Waals surface area contributed by atoms with Crippen molar-refractivity contribution in [2.75, 3.05) is 24.4 Å². The summed E-state index contributed by atoms with van der Waals surface area (Å²) in [5.41, 5.74) is 2.00. The second kappa shape index (κ2) is 6.08. The summed E-state index contributed by atoms with van der Waals surface area (Å²) in [7, 11) is -1.17. The fourth-order valence-electron chi connectivity index (χ4n) is 2.26. The highest BCUT2D eigenvalue weighted by atomic mass is 32.2. The van der Waals surface area contributed by atoms with E-state index in [1.165, 1.54) is 0 Å². The molecule has 2 rings (SSSR count). The van der Waals surface area contributed by atoms with Gasteiger partial charge in [-0.2, -0.15) is 0 Å². The Hall–Kier alpha value is -0.520. The molecule has 1 fully saturated rings. The van der Waals surface area contributed by atoms with Gasteiger partial charge in [0.15, 0.2) is 0 Å². The standard InChI is InChI=1S/C15H23NO2S2/c1-15(2,3)12-7-11(9-16-5-6-19-10-16)14(17)13(8-12)20(4)18/h7-8,17H,5-6,9-10H2,1-4H3. The van der Waals surface area contributed by atoms with E-state index in [1.807, 2.05) is 17.8 Å². The van der Waals surface area contributed by atoms with Gasteiger partial charge < -0.3 is 5.11 Å². The van der Waals surface area contributed by atoms with E-state index >= 15 is 0 Å². The Bertz CT molecular complexity index is 517. The molecule has 0 aromatic heterocycles. The lowest BCUT2D eigenvalue weighted by molar-refractivity contribution is 0.337. The molecule has 1 aliphatic heterocycles. The molecule has 0 bridgehead atoms. The Morgan fingerprint density at radius 3 is 2.60 bits per heavy atom. The number of hydrogen-bond donors (Lipinski definition) is 1. The number of aromatic hydroxyl groups is 1. The van der Waals surface area contributed by atoms with Gasteiger partial charge in [-0.05, 0) is 17.0 Å². The number of phenolic OH excluding ortho intramolecular Hbond substituents is 1. The number of rotatable bonds is 3. The molecule has 0 radical (unpaired) electrons. The lowest BCUT2D eigenvalue weighted by atomic mass is 9.86. The number of thioether (sulfide) groups is 1. The molecule has 0 aliphatic carbocycles. The molecule has 0 saturated carbocycles. The molecule has 1 N–H and O–H groups in total. The van der Waals surface area contributed by atoms with Crippen molar-refractivity contribution in [3.05, 3.63) is 23.3 Å². The normalized spacial score (nSPS) is 18.4. The van der Waals surface area contributed by atoms with Crippen molar-refractivity contribution in [3.63, 3.8) is 0 Å². The molecule has 1 atom stereocenters. The Morgan fingerprint density at radius 1 is 1.40 bits per heavy atom. The predicted molar refractivity (Wildman–Crippen MR) is 86.9 cm³/mol. The molecular formula is C15H23NO2S2. The molecule has 3 nitrogen and oxygen atoms in total. The maximum Gasteiger partial charge on any atom is 0.136 e. The monoisotopic (exact) mass is 313 g/mol. The number of phenols is 1. The van der Waals surface area contributed by atoms with Gasteiger partial charge in [-0.15, -0.1) is 11.8 Å². The molecule has 1 unspecified atom stereocenters. The predicted octanol–water partition coefficient (Wildman–Crippen LogP) is 2.93. The van der Waals surface area contributed by atoms with Crippen molar-refractivity contribution in [2.24, 2.45) is 0 Å². The van der Waals surface area contributed by atoms with E-state index in [1.54, 1.807) is 6.26 Å². The smallest absolute Gasteiger partial charge is 0.136 e. The average molecular weight is 313 g/mol. The highest BCUT2D eigenvalue weighted by Crippen LogP contribution is 2.34. The summed E-state index contributed by atoms with van der Waals surface area (Å²) >= 11 is 1.91. The van der Waals surface area contributed by atoms with Gasteiger partial charge in [0.1, 0.15) is 5.75 Å². The number of benzene rings is 1. The van der Waals surface area contributed by atoms with Gasteiger partial charge >= 0.3 is 0 Å². The molecule has 5 heteroatoms. The molecule has 112 valence electrons. The maximum absolute atomic E-state index is 11.9. The van der Waals surface area contributed by atoms with E-state index in [-0.39, 0.29) is 11.2 Å². The minimum absolute atomic E-state index is 0.0175. The Balaban J connectivity index is 2.42. The fraction of sp³-hybridized carbons (Fsp3) is 0.600. The fourth-order valence-corrected chi connectivity index (χ4v) is 3.95. The van der Waals surface area contributed by atoms with Crippen LogP contribution in [-0.4, -0.2) is 38.6 Å². The zero-order valence-electron chi connectivity index (χ0n) is 12.6. The molecule has 1 aliphatic rings. The van der Waals surface area contributed by atoms with Crippen LogP contribution in [0.3, 0.4) is 0 Å². The van der Waals surface area contributed by atoms with Crippen LogP contribution >= 0.6 is 11.8 Å². The third-order valence-electron chi connectivity index (χ3n) is 3.55. The third kappa shape index (κ3) is 3.57. The summed E-state index contributed by atoms with van der Waals surface area (Å²) < 4.78 is 11.9. The first-order chi connectivity index (χ1) is 9.29. The first kappa shape index (κ1) is 15.9. The van der Waals surface area contributed by atoms with Crippen LogP contribution in [0.5, 0.6) is 5.75 Å². The highest BCUT2D eigenvalue weighted by molar-refractivity contribution is 7.99. The lowest BCUT2D eigenvalue weighted by Gasteiger charge is -2.23. The Labute approximate surface area is 128 Å². The van der Waals surface area contributed by atoms with Crippen LogP contribution in [0, 0.1) is 0 Å². The average Bonchev–Trinajstić information content (AvgIpc) is 2.82. The van der Waals surface area contributed by atoms with Crippen LogP contribution in [0.1, 0.15) is 31.9 Å². The molecule has 1 aromatic rings. The van der Waals surface area contributed by atoms with Gasteiger partial charge in [0.2, 0.25) is 0 Å².